The number of pyridine rings is 1. The Hall–Kier alpha value is -2.17. The van der Waals surface area contributed by atoms with Crippen LogP contribution in [0.4, 0.5) is 0 Å². The Morgan fingerprint density at radius 1 is 1.47 bits per heavy atom. The summed E-state index contributed by atoms with van der Waals surface area (Å²) in [5.74, 6) is -0.0743. The second-order valence-electron chi connectivity index (χ2n) is 4.83. The van der Waals surface area contributed by atoms with E-state index in [1.54, 1.807) is 24.5 Å². The summed E-state index contributed by atoms with van der Waals surface area (Å²) in [7, 11) is 1.95. The van der Waals surface area contributed by atoms with E-state index in [4.69, 9.17) is 0 Å². The van der Waals surface area contributed by atoms with E-state index in [-0.39, 0.29) is 11.9 Å². The van der Waals surface area contributed by atoms with E-state index in [1.807, 2.05) is 17.9 Å². The summed E-state index contributed by atoms with van der Waals surface area (Å²) < 4.78 is 1.90. The minimum absolute atomic E-state index is 0.0603. The number of nitrogens with zero attached hydrogens (tertiary/aromatic N) is 3. The second kappa shape index (κ2) is 4.84. The first-order chi connectivity index (χ1) is 9.25. The molecule has 3 rings (SSSR count). The molecule has 0 radical (unpaired) electrons. The highest BCUT2D eigenvalue weighted by molar-refractivity contribution is 5.94. The van der Waals surface area contributed by atoms with Gasteiger partial charge in [0.2, 0.25) is 0 Å². The lowest BCUT2D eigenvalue weighted by molar-refractivity contribution is 0.0932. The quantitative estimate of drug-likeness (QED) is 0.888. The maximum Gasteiger partial charge on any atom is 0.253 e. The summed E-state index contributed by atoms with van der Waals surface area (Å²) >= 11 is 0. The number of hydrogen-bond donors (Lipinski definition) is 1. The number of carbonyl (C=O) groups is 1. The summed E-state index contributed by atoms with van der Waals surface area (Å²) in [6.07, 6.45) is 8.18. The predicted molar refractivity (Wildman–Crippen MR) is 70.6 cm³/mol. The van der Waals surface area contributed by atoms with Crippen LogP contribution in [0, 0.1) is 0 Å². The molecule has 0 aliphatic heterocycles. The Kier molecular flexibility index (Phi) is 3.03. The van der Waals surface area contributed by atoms with Crippen molar-refractivity contribution in [1.29, 1.82) is 0 Å². The van der Waals surface area contributed by atoms with Crippen molar-refractivity contribution in [1.82, 2.24) is 20.1 Å². The molecule has 0 fully saturated rings. The summed E-state index contributed by atoms with van der Waals surface area (Å²) in [6.45, 7) is 0. The van der Waals surface area contributed by atoms with Crippen LogP contribution in [0.25, 0.3) is 0 Å². The topological polar surface area (TPSA) is 59.8 Å². The van der Waals surface area contributed by atoms with Gasteiger partial charge in [-0.2, -0.15) is 5.10 Å². The van der Waals surface area contributed by atoms with Gasteiger partial charge in [0.05, 0.1) is 17.8 Å². The highest BCUT2D eigenvalue weighted by atomic mass is 16.1. The summed E-state index contributed by atoms with van der Waals surface area (Å²) in [6, 6.07) is 3.60. The molecule has 2 aromatic rings. The van der Waals surface area contributed by atoms with E-state index in [2.05, 4.69) is 15.4 Å². The minimum atomic E-state index is -0.0743. The average molecular weight is 256 g/mol. The Balaban J connectivity index is 1.80. The zero-order valence-electron chi connectivity index (χ0n) is 10.8. The molecule has 0 bridgehead atoms. The SMILES string of the molecule is Cn1ncc2c1CCC[C@@H]2NC(=O)c1cccnc1. The molecule has 1 atom stereocenters. The van der Waals surface area contributed by atoms with Crippen LogP contribution < -0.4 is 5.32 Å². The Morgan fingerprint density at radius 2 is 2.37 bits per heavy atom. The van der Waals surface area contributed by atoms with Gasteiger partial charge in [0.25, 0.3) is 5.91 Å². The van der Waals surface area contributed by atoms with Crippen molar-refractivity contribution in [3.63, 3.8) is 0 Å². The van der Waals surface area contributed by atoms with Gasteiger partial charge in [-0.15, -0.1) is 0 Å². The number of aromatic nitrogens is 3. The van der Waals surface area contributed by atoms with Gasteiger partial charge in [-0.3, -0.25) is 14.5 Å². The molecule has 0 spiro atoms. The molecule has 1 aliphatic carbocycles. The van der Waals surface area contributed by atoms with Gasteiger partial charge in [0.15, 0.2) is 0 Å². The van der Waals surface area contributed by atoms with Gasteiger partial charge in [0, 0.05) is 30.7 Å². The zero-order valence-corrected chi connectivity index (χ0v) is 10.8. The lowest BCUT2D eigenvalue weighted by Crippen LogP contribution is -2.31. The van der Waals surface area contributed by atoms with Crippen LogP contribution in [-0.4, -0.2) is 20.7 Å². The van der Waals surface area contributed by atoms with Crippen LogP contribution in [-0.2, 0) is 13.5 Å². The molecular formula is C14H16N4O. The first-order valence-corrected chi connectivity index (χ1v) is 6.47. The summed E-state index contributed by atoms with van der Waals surface area (Å²) in [4.78, 5) is 16.1. The van der Waals surface area contributed by atoms with Crippen molar-refractivity contribution in [2.75, 3.05) is 0 Å². The third kappa shape index (κ3) is 2.23. The van der Waals surface area contributed by atoms with Gasteiger partial charge >= 0.3 is 0 Å². The van der Waals surface area contributed by atoms with Crippen molar-refractivity contribution in [2.24, 2.45) is 7.05 Å². The number of fused-ring (bicyclic) bond motifs is 1. The molecule has 5 heteroatoms. The molecule has 1 amide bonds. The first-order valence-electron chi connectivity index (χ1n) is 6.47. The van der Waals surface area contributed by atoms with Crippen molar-refractivity contribution < 1.29 is 4.79 Å². The molecule has 0 unspecified atom stereocenters. The number of rotatable bonds is 2. The second-order valence-corrected chi connectivity index (χ2v) is 4.83. The van der Waals surface area contributed by atoms with E-state index in [1.165, 1.54) is 5.69 Å². The largest absolute Gasteiger partial charge is 0.345 e. The number of hydrogen-bond acceptors (Lipinski definition) is 3. The van der Waals surface area contributed by atoms with Crippen molar-refractivity contribution in [2.45, 2.75) is 25.3 Å². The third-order valence-electron chi connectivity index (χ3n) is 3.60. The van der Waals surface area contributed by atoms with Gasteiger partial charge < -0.3 is 5.32 Å². The molecule has 1 aliphatic rings. The summed E-state index contributed by atoms with van der Waals surface area (Å²) in [5.41, 5.74) is 2.97. The molecular weight excluding hydrogens is 240 g/mol. The molecule has 0 aromatic carbocycles. The maximum atomic E-state index is 12.2. The van der Waals surface area contributed by atoms with E-state index < -0.39 is 0 Å². The molecule has 0 saturated carbocycles. The van der Waals surface area contributed by atoms with E-state index in [0.717, 1.165) is 24.8 Å². The number of carbonyl (C=O) groups excluding carboxylic acids is 1. The monoisotopic (exact) mass is 256 g/mol. The fourth-order valence-corrected chi connectivity index (χ4v) is 2.59. The van der Waals surface area contributed by atoms with Crippen LogP contribution in [0.5, 0.6) is 0 Å². The van der Waals surface area contributed by atoms with E-state index in [0.29, 0.717) is 5.56 Å². The Morgan fingerprint density at radius 3 is 3.16 bits per heavy atom. The fraction of sp³-hybridized carbons (Fsp3) is 0.357. The van der Waals surface area contributed by atoms with Gasteiger partial charge in [-0.05, 0) is 31.4 Å². The van der Waals surface area contributed by atoms with Crippen LogP contribution in [0.3, 0.4) is 0 Å². The van der Waals surface area contributed by atoms with Gasteiger partial charge in [-0.1, -0.05) is 0 Å². The van der Waals surface area contributed by atoms with Gasteiger partial charge in [-0.25, -0.2) is 0 Å². The Labute approximate surface area is 111 Å². The number of aryl methyl sites for hydroxylation is 1. The third-order valence-corrected chi connectivity index (χ3v) is 3.60. The molecule has 2 heterocycles. The van der Waals surface area contributed by atoms with Crippen molar-refractivity contribution in [3.05, 3.63) is 47.5 Å². The highest BCUT2D eigenvalue weighted by Crippen LogP contribution is 2.29. The van der Waals surface area contributed by atoms with E-state index in [9.17, 15) is 4.79 Å². The number of amides is 1. The molecule has 1 N–H and O–H groups in total. The van der Waals surface area contributed by atoms with Crippen LogP contribution in [0.2, 0.25) is 0 Å². The molecule has 5 nitrogen and oxygen atoms in total. The smallest absolute Gasteiger partial charge is 0.253 e. The first kappa shape index (κ1) is 11.9. The van der Waals surface area contributed by atoms with Crippen LogP contribution in [0.1, 0.15) is 40.5 Å². The maximum absolute atomic E-state index is 12.2. The predicted octanol–water partition coefficient (Wildman–Crippen LogP) is 1.62. The number of nitrogens with one attached hydrogen (secondary N) is 1. The van der Waals surface area contributed by atoms with Crippen LogP contribution in [0.15, 0.2) is 30.7 Å². The lowest BCUT2D eigenvalue weighted by atomic mass is 9.93. The zero-order chi connectivity index (χ0) is 13.2. The average Bonchev–Trinajstić information content (AvgIpc) is 2.83. The summed E-state index contributed by atoms with van der Waals surface area (Å²) in [5, 5.41) is 7.35. The highest BCUT2D eigenvalue weighted by Gasteiger charge is 2.24. The fourth-order valence-electron chi connectivity index (χ4n) is 2.59. The van der Waals surface area contributed by atoms with E-state index >= 15 is 0 Å². The minimum Gasteiger partial charge on any atom is -0.345 e. The lowest BCUT2D eigenvalue weighted by Gasteiger charge is -2.23. The standard InChI is InChI=1S/C14H16N4O/c1-18-13-6-2-5-12(11(13)9-16-18)17-14(19)10-4-3-7-15-8-10/h3-4,7-9,12H,2,5-6H2,1H3,(H,17,19)/t12-/m0/s1. The van der Waals surface area contributed by atoms with Crippen molar-refractivity contribution in [3.8, 4) is 0 Å². The molecule has 2 aromatic heterocycles. The molecule has 19 heavy (non-hydrogen) atoms. The molecule has 0 saturated heterocycles. The van der Waals surface area contributed by atoms with Gasteiger partial charge in [0.1, 0.15) is 0 Å². The van der Waals surface area contributed by atoms with Crippen LogP contribution >= 0.6 is 0 Å². The molecule has 98 valence electrons. The normalized spacial score (nSPS) is 17.8. The van der Waals surface area contributed by atoms with Crippen molar-refractivity contribution >= 4 is 5.91 Å². The Bertz CT molecular complexity index is 591.